The Morgan fingerprint density at radius 3 is 2.58 bits per heavy atom. The molecular weight excluding hydrogens is 419 g/mol. The zero-order valence-corrected chi connectivity index (χ0v) is 17.5. The lowest BCUT2D eigenvalue weighted by Crippen LogP contribution is -1.89. The van der Waals surface area contributed by atoms with Crippen LogP contribution in [0, 0.1) is 5.82 Å². The SMILES string of the molecule is COc1cc(F)cc(-c2nccc3[nH]c(-c4n[nH]c5cnc(-c6ccccn6)cc45)cc23)c1. The molecule has 0 unspecified atom stereocenters. The molecular formula is C25H17FN6O. The Morgan fingerprint density at radius 1 is 0.818 bits per heavy atom. The number of nitrogens with one attached hydrogen (secondary N) is 2. The number of methoxy groups -OCH3 is 1. The number of aromatic nitrogens is 6. The molecule has 0 amide bonds. The largest absolute Gasteiger partial charge is 0.497 e. The van der Waals surface area contributed by atoms with Gasteiger partial charge in [0.1, 0.15) is 17.3 Å². The minimum absolute atomic E-state index is 0.383. The summed E-state index contributed by atoms with van der Waals surface area (Å²) in [5.74, 6) is 0.0548. The summed E-state index contributed by atoms with van der Waals surface area (Å²) in [5.41, 5.74) is 6.09. The number of aromatic amines is 2. The van der Waals surface area contributed by atoms with Crippen LogP contribution in [0.2, 0.25) is 0 Å². The van der Waals surface area contributed by atoms with Gasteiger partial charge in [0, 0.05) is 40.3 Å². The van der Waals surface area contributed by atoms with Gasteiger partial charge in [0.05, 0.1) is 41.6 Å². The second-order valence-electron chi connectivity index (χ2n) is 7.59. The molecule has 2 N–H and O–H groups in total. The summed E-state index contributed by atoms with van der Waals surface area (Å²) in [6.07, 6.45) is 5.19. The predicted molar refractivity (Wildman–Crippen MR) is 124 cm³/mol. The van der Waals surface area contributed by atoms with Crippen molar-refractivity contribution in [3.05, 3.63) is 79.0 Å². The van der Waals surface area contributed by atoms with E-state index in [0.29, 0.717) is 17.0 Å². The molecule has 160 valence electrons. The lowest BCUT2D eigenvalue weighted by Gasteiger charge is -2.06. The number of benzene rings is 1. The highest BCUT2D eigenvalue weighted by Gasteiger charge is 2.16. The second-order valence-corrected chi connectivity index (χ2v) is 7.59. The summed E-state index contributed by atoms with van der Waals surface area (Å²) in [4.78, 5) is 16.8. The third-order valence-electron chi connectivity index (χ3n) is 5.56. The Kier molecular flexibility index (Phi) is 4.36. The summed E-state index contributed by atoms with van der Waals surface area (Å²) in [6.45, 7) is 0. The van der Waals surface area contributed by atoms with Crippen molar-refractivity contribution in [2.45, 2.75) is 0 Å². The zero-order valence-electron chi connectivity index (χ0n) is 17.5. The van der Waals surface area contributed by atoms with E-state index in [1.165, 1.54) is 19.2 Å². The van der Waals surface area contributed by atoms with Crippen LogP contribution < -0.4 is 4.74 Å². The van der Waals surface area contributed by atoms with Gasteiger partial charge in [0.25, 0.3) is 0 Å². The highest BCUT2D eigenvalue weighted by molar-refractivity contribution is 6.00. The van der Waals surface area contributed by atoms with Crippen molar-refractivity contribution in [2.75, 3.05) is 7.11 Å². The van der Waals surface area contributed by atoms with Crippen LogP contribution in [0.15, 0.2) is 73.2 Å². The monoisotopic (exact) mass is 436 g/mol. The fraction of sp³-hybridized carbons (Fsp3) is 0.0400. The Hall–Kier alpha value is -4.59. The molecule has 0 radical (unpaired) electrons. The summed E-state index contributed by atoms with van der Waals surface area (Å²) < 4.78 is 19.4. The second kappa shape index (κ2) is 7.52. The van der Waals surface area contributed by atoms with Crippen LogP contribution in [0.3, 0.4) is 0 Å². The molecule has 0 bridgehead atoms. The maximum absolute atomic E-state index is 14.1. The van der Waals surface area contributed by atoms with Crippen molar-refractivity contribution >= 4 is 21.8 Å². The minimum Gasteiger partial charge on any atom is -0.497 e. The van der Waals surface area contributed by atoms with Gasteiger partial charge in [-0.3, -0.25) is 20.1 Å². The summed E-state index contributed by atoms with van der Waals surface area (Å²) in [7, 11) is 1.51. The number of rotatable bonds is 4. The van der Waals surface area contributed by atoms with Gasteiger partial charge >= 0.3 is 0 Å². The van der Waals surface area contributed by atoms with Gasteiger partial charge in [-0.2, -0.15) is 5.10 Å². The fourth-order valence-electron chi connectivity index (χ4n) is 4.01. The van der Waals surface area contributed by atoms with Gasteiger partial charge in [-0.15, -0.1) is 0 Å². The highest BCUT2D eigenvalue weighted by atomic mass is 19.1. The Bertz CT molecular complexity index is 1620. The molecule has 7 nitrogen and oxygen atoms in total. The normalized spacial score (nSPS) is 11.3. The van der Waals surface area contributed by atoms with Gasteiger partial charge in [-0.1, -0.05) is 6.07 Å². The molecule has 0 aliphatic carbocycles. The first-order valence-electron chi connectivity index (χ1n) is 10.3. The lowest BCUT2D eigenvalue weighted by atomic mass is 10.1. The summed E-state index contributed by atoms with van der Waals surface area (Å²) in [5, 5.41) is 9.34. The van der Waals surface area contributed by atoms with E-state index in [1.807, 2.05) is 36.4 Å². The third-order valence-corrected chi connectivity index (χ3v) is 5.56. The number of hydrogen-bond donors (Lipinski definition) is 2. The van der Waals surface area contributed by atoms with Gasteiger partial charge in [-0.25, -0.2) is 4.39 Å². The average molecular weight is 436 g/mol. The first-order valence-corrected chi connectivity index (χ1v) is 10.3. The van der Waals surface area contributed by atoms with Crippen LogP contribution in [0.1, 0.15) is 0 Å². The first-order chi connectivity index (χ1) is 16.2. The predicted octanol–water partition coefficient (Wildman–Crippen LogP) is 5.38. The molecule has 6 aromatic rings. The minimum atomic E-state index is -0.383. The number of hydrogen-bond acceptors (Lipinski definition) is 5. The van der Waals surface area contributed by atoms with Crippen molar-refractivity contribution in [2.24, 2.45) is 0 Å². The van der Waals surface area contributed by atoms with Crippen molar-refractivity contribution in [3.63, 3.8) is 0 Å². The van der Waals surface area contributed by atoms with Crippen LogP contribution in [0.5, 0.6) is 5.75 Å². The molecule has 0 aliphatic rings. The molecule has 6 rings (SSSR count). The van der Waals surface area contributed by atoms with E-state index >= 15 is 0 Å². The van der Waals surface area contributed by atoms with E-state index in [-0.39, 0.29) is 5.82 Å². The molecule has 5 heterocycles. The van der Waals surface area contributed by atoms with Crippen LogP contribution in [-0.2, 0) is 0 Å². The molecule has 0 atom stereocenters. The van der Waals surface area contributed by atoms with Crippen LogP contribution in [0.4, 0.5) is 4.39 Å². The number of fused-ring (bicyclic) bond motifs is 2. The van der Waals surface area contributed by atoms with Crippen molar-refractivity contribution < 1.29 is 9.13 Å². The lowest BCUT2D eigenvalue weighted by molar-refractivity contribution is 0.411. The molecule has 8 heteroatoms. The Morgan fingerprint density at radius 2 is 1.73 bits per heavy atom. The number of nitrogens with zero attached hydrogens (tertiary/aromatic N) is 4. The number of ether oxygens (including phenoxy) is 1. The van der Waals surface area contributed by atoms with E-state index in [0.717, 1.165) is 44.6 Å². The summed E-state index contributed by atoms with van der Waals surface area (Å²) >= 11 is 0. The standard InChI is InChI=1S/C25H17FN6O/c1-33-16-9-14(8-15(26)10-16)24-17-12-22(30-19(17)5-7-28-24)25-18-11-21(20-4-2-3-6-27-20)29-13-23(18)31-32-25/h2-13,30H,1H3,(H,31,32). The molecule has 5 aromatic heterocycles. The molecule has 0 aliphatic heterocycles. The van der Waals surface area contributed by atoms with E-state index in [1.54, 1.807) is 24.7 Å². The molecule has 0 saturated carbocycles. The third kappa shape index (κ3) is 3.28. The quantitative estimate of drug-likeness (QED) is 0.387. The number of pyridine rings is 3. The van der Waals surface area contributed by atoms with Crippen LogP contribution in [0.25, 0.3) is 55.8 Å². The average Bonchev–Trinajstić information content (AvgIpc) is 3.47. The maximum atomic E-state index is 14.1. The molecule has 1 aromatic carbocycles. The maximum Gasteiger partial charge on any atom is 0.127 e. The molecule has 33 heavy (non-hydrogen) atoms. The Balaban J connectivity index is 1.50. The molecule has 0 saturated heterocycles. The van der Waals surface area contributed by atoms with Crippen LogP contribution >= 0.6 is 0 Å². The van der Waals surface area contributed by atoms with Crippen molar-refractivity contribution in [1.29, 1.82) is 0 Å². The van der Waals surface area contributed by atoms with Gasteiger partial charge in [0.15, 0.2) is 0 Å². The van der Waals surface area contributed by atoms with E-state index in [4.69, 9.17) is 4.74 Å². The smallest absolute Gasteiger partial charge is 0.127 e. The van der Waals surface area contributed by atoms with E-state index in [2.05, 4.69) is 30.1 Å². The van der Waals surface area contributed by atoms with E-state index < -0.39 is 0 Å². The van der Waals surface area contributed by atoms with Gasteiger partial charge in [0.2, 0.25) is 0 Å². The van der Waals surface area contributed by atoms with Crippen LogP contribution in [-0.4, -0.2) is 37.2 Å². The molecule has 0 fully saturated rings. The highest BCUT2D eigenvalue weighted by Crippen LogP contribution is 2.34. The van der Waals surface area contributed by atoms with E-state index in [9.17, 15) is 4.39 Å². The van der Waals surface area contributed by atoms with Gasteiger partial charge < -0.3 is 9.72 Å². The topological polar surface area (TPSA) is 92.4 Å². The molecule has 0 spiro atoms. The van der Waals surface area contributed by atoms with Crippen molar-refractivity contribution in [1.82, 2.24) is 30.1 Å². The zero-order chi connectivity index (χ0) is 22.4. The number of H-pyrrole nitrogens is 2. The van der Waals surface area contributed by atoms with Crippen molar-refractivity contribution in [3.8, 4) is 39.8 Å². The fourth-order valence-corrected chi connectivity index (χ4v) is 4.01. The number of halogens is 1. The van der Waals surface area contributed by atoms with Gasteiger partial charge in [-0.05, 0) is 42.5 Å². The Labute approximate surface area is 187 Å². The summed E-state index contributed by atoms with van der Waals surface area (Å²) in [6, 6.07) is 16.1. The first kappa shape index (κ1) is 19.1.